The van der Waals surface area contributed by atoms with Gasteiger partial charge in [0.25, 0.3) is 5.91 Å². The van der Waals surface area contributed by atoms with Crippen LogP contribution in [0.4, 0.5) is 31.9 Å². The Morgan fingerprint density at radius 1 is 1.04 bits per heavy atom. The molecule has 2 aromatic carbocycles. The van der Waals surface area contributed by atoms with E-state index in [4.69, 9.17) is 5.11 Å². The molecule has 0 aliphatic carbocycles. The first kappa shape index (κ1) is 19.2. The lowest BCUT2D eigenvalue weighted by Gasteiger charge is -2.10. The Morgan fingerprint density at radius 2 is 1.82 bits per heavy atom. The predicted octanol–water partition coefficient (Wildman–Crippen LogP) is 2.96. The fourth-order valence-corrected chi connectivity index (χ4v) is 2.32. The van der Waals surface area contributed by atoms with Crippen molar-refractivity contribution in [3.05, 3.63) is 71.9 Å². The summed E-state index contributed by atoms with van der Waals surface area (Å²) in [5, 5.41) is 17.0. The fourth-order valence-electron chi connectivity index (χ4n) is 2.32. The summed E-state index contributed by atoms with van der Waals surface area (Å²) in [6.45, 7) is -0.00703. The maximum atomic E-state index is 14.0. The lowest BCUT2D eigenvalue weighted by molar-refractivity contribution is 0.0945. The molecule has 3 rings (SSSR count). The van der Waals surface area contributed by atoms with Crippen molar-refractivity contribution in [1.82, 2.24) is 15.3 Å². The van der Waals surface area contributed by atoms with E-state index >= 15 is 0 Å². The highest BCUT2D eigenvalue weighted by molar-refractivity contribution is 5.95. The van der Waals surface area contributed by atoms with Gasteiger partial charge in [-0.2, -0.15) is 4.98 Å². The van der Waals surface area contributed by atoms with Crippen molar-refractivity contribution in [1.29, 1.82) is 0 Å². The topological polar surface area (TPSA) is 99.2 Å². The molecule has 1 heterocycles. The van der Waals surface area contributed by atoms with Crippen molar-refractivity contribution in [3.8, 4) is 0 Å². The summed E-state index contributed by atoms with van der Waals surface area (Å²) in [5.41, 5.74) is 1.37. The van der Waals surface area contributed by atoms with Gasteiger partial charge in [-0.3, -0.25) is 4.79 Å². The summed E-state index contributed by atoms with van der Waals surface area (Å²) in [4.78, 5) is 19.9. The molecule has 0 aliphatic rings. The monoisotopic (exact) mass is 385 g/mol. The number of hydrogen-bond donors (Lipinski definition) is 4. The zero-order valence-corrected chi connectivity index (χ0v) is 14.6. The van der Waals surface area contributed by atoms with Gasteiger partial charge in [0.15, 0.2) is 11.6 Å². The Morgan fingerprint density at radius 3 is 2.57 bits per heavy atom. The highest BCUT2D eigenvalue weighted by Crippen LogP contribution is 2.21. The number of amides is 1. The van der Waals surface area contributed by atoms with Gasteiger partial charge in [-0.25, -0.2) is 13.8 Å². The van der Waals surface area contributed by atoms with E-state index < -0.39 is 11.6 Å². The maximum Gasteiger partial charge on any atom is 0.251 e. The van der Waals surface area contributed by atoms with Crippen LogP contribution in [-0.4, -0.2) is 34.1 Å². The molecule has 9 heteroatoms. The molecule has 0 aliphatic heterocycles. The van der Waals surface area contributed by atoms with Crippen molar-refractivity contribution in [2.45, 2.75) is 0 Å². The van der Waals surface area contributed by atoms with Gasteiger partial charge in [-0.05, 0) is 42.5 Å². The second-order valence-electron chi connectivity index (χ2n) is 5.71. The van der Waals surface area contributed by atoms with Crippen molar-refractivity contribution in [2.24, 2.45) is 0 Å². The summed E-state index contributed by atoms with van der Waals surface area (Å²) in [6, 6.07) is 12.0. The Labute approximate surface area is 159 Å². The third kappa shape index (κ3) is 4.98. The molecular formula is C19H17F2N5O2. The third-order valence-corrected chi connectivity index (χ3v) is 3.63. The molecule has 4 N–H and O–H groups in total. The number of rotatable bonds is 7. The van der Waals surface area contributed by atoms with Gasteiger partial charge in [0.05, 0.1) is 12.8 Å². The SMILES string of the molecule is O=C(NCCO)c1cccc(Nc2ncc(F)c(Nc3ccc(F)cc3)n2)c1. The summed E-state index contributed by atoms with van der Waals surface area (Å²) in [7, 11) is 0. The molecule has 3 aromatic rings. The molecule has 0 unspecified atom stereocenters. The van der Waals surface area contributed by atoms with Gasteiger partial charge in [-0.1, -0.05) is 6.07 Å². The molecule has 1 amide bonds. The Balaban J connectivity index is 1.76. The third-order valence-electron chi connectivity index (χ3n) is 3.63. The molecule has 144 valence electrons. The highest BCUT2D eigenvalue weighted by Gasteiger charge is 2.10. The molecule has 0 fully saturated rings. The van der Waals surface area contributed by atoms with Gasteiger partial charge in [-0.15, -0.1) is 0 Å². The van der Waals surface area contributed by atoms with E-state index in [0.29, 0.717) is 16.9 Å². The minimum Gasteiger partial charge on any atom is -0.395 e. The number of aromatic nitrogens is 2. The number of nitrogens with zero attached hydrogens (tertiary/aromatic N) is 2. The predicted molar refractivity (Wildman–Crippen MR) is 101 cm³/mol. The normalized spacial score (nSPS) is 10.4. The first-order valence-corrected chi connectivity index (χ1v) is 8.36. The van der Waals surface area contributed by atoms with E-state index in [1.807, 2.05) is 0 Å². The number of hydrogen-bond acceptors (Lipinski definition) is 6. The highest BCUT2D eigenvalue weighted by atomic mass is 19.1. The van der Waals surface area contributed by atoms with Crippen LogP contribution in [-0.2, 0) is 0 Å². The van der Waals surface area contributed by atoms with E-state index in [1.54, 1.807) is 24.3 Å². The number of aliphatic hydroxyl groups excluding tert-OH is 1. The van der Waals surface area contributed by atoms with E-state index in [9.17, 15) is 13.6 Å². The van der Waals surface area contributed by atoms with Crippen molar-refractivity contribution >= 4 is 29.0 Å². The lowest BCUT2D eigenvalue weighted by atomic mass is 10.2. The summed E-state index contributed by atoms with van der Waals surface area (Å²) < 4.78 is 27.0. The van der Waals surface area contributed by atoms with Gasteiger partial charge < -0.3 is 21.1 Å². The standard InChI is InChI=1S/C19H17F2N5O2/c20-13-4-6-14(7-5-13)24-17-16(21)11-23-19(26-17)25-15-3-1-2-12(10-15)18(28)22-8-9-27/h1-7,10-11,27H,8-9H2,(H,22,28)(H2,23,24,25,26). The minimum absolute atomic E-state index is 0.0825. The van der Waals surface area contributed by atoms with Crippen LogP contribution in [0.25, 0.3) is 0 Å². The van der Waals surface area contributed by atoms with Gasteiger partial charge in [0, 0.05) is 23.5 Å². The zero-order chi connectivity index (χ0) is 19.9. The first-order chi connectivity index (χ1) is 13.5. The van der Waals surface area contributed by atoms with Gasteiger partial charge in [0.2, 0.25) is 5.95 Å². The summed E-state index contributed by atoms with van der Waals surface area (Å²) in [5.74, 6) is -1.39. The second kappa shape index (κ2) is 8.87. The van der Waals surface area contributed by atoms with Crippen LogP contribution in [0, 0.1) is 11.6 Å². The van der Waals surface area contributed by atoms with E-state index in [0.717, 1.165) is 6.20 Å². The maximum absolute atomic E-state index is 14.0. The zero-order valence-electron chi connectivity index (χ0n) is 14.6. The van der Waals surface area contributed by atoms with Crippen molar-refractivity contribution in [2.75, 3.05) is 23.8 Å². The van der Waals surface area contributed by atoms with Crippen LogP contribution < -0.4 is 16.0 Å². The van der Waals surface area contributed by atoms with Gasteiger partial charge in [0.1, 0.15) is 5.82 Å². The summed E-state index contributed by atoms with van der Waals surface area (Å²) >= 11 is 0. The van der Waals surface area contributed by atoms with Crippen LogP contribution in [0.5, 0.6) is 0 Å². The Bertz CT molecular complexity index is 967. The largest absolute Gasteiger partial charge is 0.395 e. The molecule has 1 aromatic heterocycles. The van der Waals surface area contributed by atoms with E-state index in [-0.39, 0.29) is 30.8 Å². The molecule has 28 heavy (non-hydrogen) atoms. The molecule has 0 saturated heterocycles. The molecule has 0 atom stereocenters. The number of carbonyl (C=O) groups is 1. The fraction of sp³-hybridized carbons (Fsp3) is 0.105. The Kier molecular flexibility index (Phi) is 6.07. The molecular weight excluding hydrogens is 368 g/mol. The molecule has 0 spiro atoms. The first-order valence-electron chi connectivity index (χ1n) is 8.36. The van der Waals surface area contributed by atoms with Crippen molar-refractivity contribution < 1.29 is 18.7 Å². The van der Waals surface area contributed by atoms with E-state index in [2.05, 4.69) is 25.9 Å². The lowest BCUT2D eigenvalue weighted by Crippen LogP contribution is -2.26. The number of anilines is 4. The van der Waals surface area contributed by atoms with Crippen LogP contribution in [0.2, 0.25) is 0 Å². The van der Waals surface area contributed by atoms with Crippen molar-refractivity contribution in [3.63, 3.8) is 0 Å². The molecule has 0 bridgehead atoms. The number of halogens is 2. The quantitative estimate of drug-likeness (QED) is 0.499. The van der Waals surface area contributed by atoms with Crippen LogP contribution >= 0.6 is 0 Å². The molecule has 7 nitrogen and oxygen atoms in total. The smallest absolute Gasteiger partial charge is 0.251 e. The molecule has 0 radical (unpaired) electrons. The Hall–Kier alpha value is -3.59. The average molecular weight is 385 g/mol. The number of nitrogens with one attached hydrogen (secondary N) is 3. The van der Waals surface area contributed by atoms with Gasteiger partial charge >= 0.3 is 0 Å². The van der Waals surface area contributed by atoms with E-state index in [1.165, 1.54) is 24.3 Å². The number of carbonyl (C=O) groups excluding carboxylic acids is 1. The minimum atomic E-state index is -0.674. The average Bonchev–Trinajstić information content (AvgIpc) is 2.70. The van der Waals surface area contributed by atoms with Crippen LogP contribution in [0.15, 0.2) is 54.7 Å². The molecule has 0 saturated carbocycles. The summed E-state index contributed by atoms with van der Waals surface area (Å²) in [6.07, 6.45) is 0.999. The second-order valence-corrected chi connectivity index (χ2v) is 5.71. The van der Waals surface area contributed by atoms with Crippen LogP contribution in [0.1, 0.15) is 10.4 Å². The number of aliphatic hydroxyl groups is 1. The number of benzene rings is 2. The van der Waals surface area contributed by atoms with Crippen LogP contribution in [0.3, 0.4) is 0 Å².